The fourth-order valence-corrected chi connectivity index (χ4v) is 6.40. The van der Waals surface area contributed by atoms with E-state index in [4.69, 9.17) is 14.4 Å². The lowest BCUT2D eigenvalue weighted by atomic mass is 10.0. The average Bonchev–Trinajstić information content (AvgIpc) is 3.63. The molecule has 0 saturated heterocycles. The number of thiophene rings is 1. The lowest BCUT2D eigenvalue weighted by molar-refractivity contribution is 0.628. The summed E-state index contributed by atoms with van der Waals surface area (Å²) in [6.07, 6.45) is 6.16. The second-order valence-electron chi connectivity index (χ2n) is 9.82. The molecule has 0 fully saturated rings. The Bertz CT molecular complexity index is 2030. The van der Waals surface area contributed by atoms with E-state index < -0.39 is 0 Å². The van der Waals surface area contributed by atoms with Gasteiger partial charge in [0, 0.05) is 31.5 Å². The lowest BCUT2D eigenvalue weighted by Crippen LogP contribution is -1.95. The highest BCUT2D eigenvalue weighted by molar-refractivity contribution is 7.20. The molecule has 3 nitrogen and oxygen atoms in total. The van der Waals surface area contributed by atoms with Crippen molar-refractivity contribution in [3.05, 3.63) is 132 Å². The van der Waals surface area contributed by atoms with Crippen LogP contribution in [0.15, 0.2) is 126 Å². The molecule has 7 aromatic rings. The number of hydrogen-bond donors (Lipinski definition) is 0. The van der Waals surface area contributed by atoms with E-state index >= 15 is 0 Å². The van der Waals surface area contributed by atoms with E-state index in [1.165, 1.54) is 21.2 Å². The van der Waals surface area contributed by atoms with Gasteiger partial charge in [0.05, 0.1) is 5.69 Å². The molecule has 0 N–H and O–H groups in total. The molecule has 0 unspecified atom stereocenters. The first kappa shape index (κ1) is 24.9. The van der Waals surface area contributed by atoms with Gasteiger partial charge < -0.3 is 4.42 Å². The maximum Gasteiger partial charge on any atom is 0.160 e. The van der Waals surface area contributed by atoms with Crippen LogP contribution in [0.25, 0.3) is 78.4 Å². The summed E-state index contributed by atoms with van der Waals surface area (Å²) in [5, 5.41) is 2.24. The number of hydrogen-bond acceptors (Lipinski definition) is 4. The van der Waals surface area contributed by atoms with Crippen molar-refractivity contribution in [3.63, 3.8) is 0 Å². The smallest absolute Gasteiger partial charge is 0.160 e. The maximum absolute atomic E-state index is 6.26. The van der Waals surface area contributed by atoms with Gasteiger partial charge in [-0.1, -0.05) is 116 Å². The highest BCUT2D eigenvalue weighted by Gasteiger charge is 2.18. The van der Waals surface area contributed by atoms with Crippen LogP contribution in [0.5, 0.6) is 0 Å². The molecule has 4 aromatic carbocycles. The number of allylic oxidation sites excluding steroid dienone is 1. The van der Waals surface area contributed by atoms with Gasteiger partial charge >= 0.3 is 0 Å². The summed E-state index contributed by atoms with van der Waals surface area (Å²) in [7, 11) is 0. The lowest BCUT2D eigenvalue weighted by Gasteiger charge is -2.10. The van der Waals surface area contributed by atoms with Crippen LogP contribution in [0.3, 0.4) is 0 Å². The van der Waals surface area contributed by atoms with Crippen LogP contribution < -0.4 is 0 Å². The van der Waals surface area contributed by atoms with Gasteiger partial charge in [-0.3, -0.25) is 0 Å². The standard InChI is InChI=1S/C37H26N2OS/c1-3-11-28-29-15-10-16-30(36(29)41-35(28)4-2)31-23-32(34-22-27-14-8-9-17-33(27)40-34)39-37(38-31)26-20-18-25(19-21-26)24-12-6-5-7-13-24/h3-23H,2H2,1H3/b11-3-. The zero-order chi connectivity index (χ0) is 27.8. The molecule has 0 amide bonds. The van der Waals surface area contributed by atoms with Gasteiger partial charge in [-0.15, -0.1) is 11.3 Å². The summed E-state index contributed by atoms with van der Waals surface area (Å²) in [5.74, 6) is 1.38. The second kappa shape index (κ2) is 10.5. The molecular formula is C37H26N2OS. The van der Waals surface area contributed by atoms with Crippen molar-refractivity contribution in [2.24, 2.45) is 0 Å². The van der Waals surface area contributed by atoms with Crippen LogP contribution in [0.2, 0.25) is 0 Å². The summed E-state index contributed by atoms with van der Waals surface area (Å²) >= 11 is 1.74. The Morgan fingerprint density at radius 3 is 2.24 bits per heavy atom. The minimum atomic E-state index is 0.656. The summed E-state index contributed by atoms with van der Waals surface area (Å²) in [5.41, 5.74) is 7.97. The van der Waals surface area contributed by atoms with Gasteiger partial charge in [0.15, 0.2) is 11.6 Å². The number of aromatic nitrogens is 2. The first-order valence-electron chi connectivity index (χ1n) is 13.6. The average molecular weight is 547 g/mol. The Labute approximate surface area is 242 Å². The van der Waals surface area contributed by atoms with Crippen molar-refractivity contribution in [2.45, 2.75) is 6.92 Å². The fraction of sp³-hybridized carbons (Fsp3) is 0.0270. The zero-order valence-electron chi connectivity index (χ0n) is 22.5. The number of benzene rings is 4. The van der Waals surface area contributed by atoms with Gasteiger partial charge in [-0.05, 0) is 41.8 Å². The summed E-state index contributed by atoms with van der Waals surface area (Å²) in [6, 6.07) is 37.4. The Kier molecular flexibility index (Phi) is 6.38. The number of para-hydroxylation sites is 1. The van der Waals surface area contributed by atoms with Gasteiger partial charge in [0.2, 0.25) is 0 Å². The molecule has 0 saturated carbocycles. The quantitative estimate of drug-likeness (QED) is 0.208. The highest BCUT2D eigenvalue weighted by atomic mass is 32.1. The van der Waals surface area contributed by atoms with Crippen LogP contribution in [0, 0.1) is 0 Å². The van der Waals surface area contributed by atoms with E-state index in [0.29, 0.717) is 5.82 Å². The topological polar surface area (TPSA) is 38.9 Å². The van der Waals surface area contributed by atoms with E-state index in [2.05, 4.69) is 97.6 Å². The van der Waals surface area contributed by atoms with Gasteiger partial charge in [-0.25, -0.2) is 9.97 Å². The van der Waals surface area contributed by atoms with Crippen molar-refractivity contribution in [1.29, 1.82) is 0 Å². The van der Waals surface area contributed by atoms with Crippen molar-refractivity contribution in [1.82, 2.24) is 9.97 Å². The normalized spacial score (nSPS) is 11.5. The van der Waals surface area contributed by atoms with Crippen LogP contribution in [-0.4, -0.2) is 9.97 Å². The predicted octanol–water partition coefficient (Wildman–Crippen LogP) is 10.8. The van der Waals surface area contributed by atoms with E-state index in [0.717, 1.165) is 49.7 Å². The maximum atomic E-state index is 6.26. The van der Waals surface area contributed by atoms with Gasteiger partial charge in [-0.2, -0.15) is 0 Å². The third kappa shape index (κ3) is 4.58. The number of fused-ring (bicyclic) bond motifs is 2. The number of furan rings is 1. The molecule has 41 heavy (non-hydrogen) atoms. The third-order valence-electron chi connectivity index (χ3n) is 7.23. The molecule has 4 heteroatoms. The molecule has 0 atom stereocenters. The van der Waals surface area contributed by atoms with Crippen LogP contribution in [-0.2, 0) is 0 Å². The zero-order valence-corrected chi connectivity index (χ0v) is 23.4. The van der Waals surface area contributed by atoms with E-state index in [1.807, 2.05) is 43.3 Å². The predicted molar refractivity (Wildman–Crippen MR) is 174 cm³/mol. The molecule has 0 aliphatic rings. The summed E-state index contributed by atoms with van der Waals surface area (Å²) in [4.78, 5) is 11.3. The van der Waals surface area contributed by atoms with Gasteiger partial charge in [0.25, 0.3) is 0 Å². The number of nitrogens with zero attached hydrogens (tertiary/aromatic N) is 2. The third-order valence-corrected chi connectivity index (χ3v) is 8.48. The molecular weight excluding hydrogens is 520 g/mol. The molecule has 3 heterocycles. The van der Waals surface area contributed by atoms with E-state index in [-0.39, 0.29) is 0 Å². The van der Waals surface area contributed by atoms with Crippen molar-refractivity contribution >= 4 is 44.5 Å². The van der Waals surface area contributed by atoms with Gasteiger partial charge in [0.1, 0.15) is 11.3 Å². The van der Waals surface area contributed by atoms with E-state index in [1.54, 1.807) is 11.3 Å². The van der Waals surface area contributed by atoms with Crippen LogP contribution in [0.1, 0.15) is 17.4 Å². The molecule has 0 aliphatic heterocycles. The molecule has 0 bridgehead atoms. The van der Waals surface area contributed by atoms with Crippen LogP contribution in [0.4, 0.5) is 0 Å². The molecule has 0 spiro atoms. The molecule has 196 valence electrons. The van der Waals surface area contributed by atoms with Crippen molar-refractivity contribution in [3.8, 4) is 45.2 Å². The molecule has 0 radical (unpaired) electrons. The molecule has 7 rings (SSSR count). The van der Waals surface area contributed by atoms with Crippen molar-refractivity contribution in [2.75, 3.05) is 0 Å². The summed E-state index contributed by atoms with van der Waals surface area (Å²) in [6.45, 7) is 6.11. The second-order valence-corrected chi connectivity index (χ2v) is 10.9. The first-order valence-corrected chi connectivity index (χ1v) is 14.4. The monoisotopic (exact) mass is 546 g/mol. The fourth-order valence-electron chi connectivity index (χ4n) is 5.24. The highest BCUT2D eigenvalue weighted by Crippen LogP contribution is 2.40. The Balaban J connectivity index is 1.42. The SMILES string of the molecule is C=Cc1sc2c(-c3cc(-c4cc5ccccc5o4)nc(-c4ccc(-c5ccccc5)cc4)n3)cccc2c1/C=C\C. The van der Waals surface area contributed by atoms with E-state index in [9.17, 15) is 0 Å². The van der Waals surface area contributed by atoms with Crippen LogP contribution >= 0.6 is 11.3 Å². The largest absolute Gasteiger partial charge is 0.454 e. The Morgan fingerprint density at radius 1 is 0.732 bits per heavy atom. The summed E-state index contributed by atoms with van der Waals surface area (Å²) < 4.78 is 7.44. The molecule has 3 aromatic heterocycles. The number of rotatable bonds is 6. The Hall–Kier alpha value is -5.06. The molecule has 0 aliphatic carbocycles. The minimum absolute atomic E-state index is 0.656. The first-order chi connectivity index (χ1) is 20.2. The minimum Gasteiger partial charge on any atom is -0.454 e. The van der Waals surface area contributed by atoms with Crippen molar-refractivity contribution < 1.29 is 4.42 Å². The Morgan fingerprint density at radius 2 is 1.46 bits per heavy atom.